The molecular weight excluding hydrogens is 220 g/mol. The molecule has 5 nitrogen and oxygen atoms in total. The minimum Gasteiger partial charge on any atom is -0.465 e. The summed E-state index contributed by atoms with van der Waals surface area (Å²) in [5, 5.41) is 18.1. The lowest BCUT2D eigenvalue weighted by atomic mass is 9.67. The van der Waals surface area contributed by atoms with Gasteiger partial charge in [0.1, 0.15) is 5.92 Å². The van der Waals surface area contributed by atoms with Crippen LogP contribution in [0.5, 0.6) is 0 Å². The maximum atomic E-state index is 11.8. The molecule has 1 aliphatic heterocycles. The first kappa shape index (κ1) is 13.5. The average Bonchev–Trinajstić information content (AvgIpc) is 2.15. The van der Waals surface area contributed by atoms with Crippen molar-refractivity contribution in [2.24, 2.45) is 11.3 Å². The zero-order chi connectivity index (χ0) is 13.4. The number of likely N-dealkylation sites (tertiary alicyclic amines) is 1. The molecule has 2 atom stereocenters. The van der Waals surface area contributed by atoms with Crippen LogP contribution in [0.2, 0.25) is 0 Å². The number of hydrogen-bond donors (Lipinski definition) is 1. The van der Waals surface area contributed by atoms with Crippen molar-refractivity contribution in [3.8, 4) is 6.07 Å². The highest BCUT2D eigenvalue weighted by atomic mass is 16.4. The molecule has 1 rings (SSSR count). The fourth-order valence-electron chi connectivity index (χ4n) is 2.12. The number of piperidine rings is 1. The van der Waals surface area contributed by atoms with Gasteiger partial charge in [-0.25, -0.2) is 4.79 Å². The summed E-state index contributed by atoms with van der Waals surface area (Å²) in [5.41, 5.74) is -1.12. The van der Waals surface area contributed by atoms with Gasteiger partial charge in [0.15, 0.2) is 5.78 Å². The predicted molar refractivity (Wildman–Crippen MR) is 61.3 cm³/mol. The van der Waals surface area contributed by atoms with Gasteiger partial charge in [-0.3, -0.25) is 4.79 Å². The monoisotopic (exact) mass is 238 g/mol. The predicted octanol–water partition coefficient (Wildman–Crippen LogP) is 1.88. The highest BCUT2D eigenvalue weighted by molar-refractivity contribution is 5.87. The van der Waals surface area contributed by atoms with Crippen molar-refractivity contribution < 1.29 is 14.7 Å². The van der Waals surface area contributed by atoms with Gasteiger partial charge in [0.25, 0.3) is 0 Å². The molecule has 5 heteroatoms. The molecule has 1 heterocycles. The Morgan fingerprint density at radius 2 is 2.12 bits per heavy atom. The van der Waals surface area contributed by atoms with E-state index in [0.717, 1.165) is 0 Å². The molecule has 17 heavy (non-hydrogen) atoms. The summed E-state index contributed by atoms with van der Waals surface area (Å²) in [6.07, 6.45) is -0.976. The maximum Gasteiger partial charge on any atom is 0.407 e. The average molecular weight is 238 g/mol. The summed E-state index contributed by atoms with van der Waals surface area (Å²) >= 11 is 0. The van der Waals surface area contributed by atoms with Crippen molar-refractivity contribution in [3.05, 3.63) is 0 Å². The highest BCUT2D eigenvalue weighted by Gasteiger charge is 2.51. The van der Waals surface area contributed by atoms with Gasteiger partial charge in [-0.1, -0.05) is 20.8 Å². The fourth-order valence-corrected chi connectivity index (χ4v) is 2.12. The molecule has 1 aliphatic rings. The summed E-state index contributed by atoms with van der Waals surface area (Å²) in [4.78, 5) is 24.3. The van der Waals surface area contributed by atoms with Crippen LogP contribution in [-0.2, 0) is 4.79 Å². The van der Waals surface area contributed by atoms with Gasteiger partial charge in [-0.15, -0.1) is 0 Å². The van der Waals surface area contributed by atoms with Crippen molar-refractivity contribution >= 4 is 11.9 Å². The zero-order valence-electron chi connectivity index (χ0n) is 10.6. The van der Waals surface area contributed by atoms with Crippen LogP contribution < -0.4 is 0 Å². The molecule has 0 spiro atoms. The Kier molecular flexibility index (Phi) is 3.19. The molecular formula is C12H18N2O3. The largest absolute Gasteiger partial charge is 0.465 e. The molecule has 1 N–H and O–H groups in total. The van der Waals surface area contributed by atoms with E-state index in [1.54, 1.807) is 6.92 Å². The van der Waals surface area contributed by atoms with E-state index in [4.69, 9.17) is 5.26 Å². The minimum absolute atomic E-state index is 0.0293. The smallest absolute Gasteiger partial charge is 0.407 e. The first-order valence-electron chi connectivity index (χ1n) is 5.56. The van der Waals surface area contributed by atoms with Crippen LogP contribution in [-0.4, -0.2) is 34.0 Å². The lowest BCUT2D eigenvalue weighted by Gasteiger charge is -2.51. The molecule has 0 bridgehead atoms. The van der Waals surface area contributed by atoms with Gasteiger partial charge in [0.05, 0.1) is 11.6 Å². The number of carbonyl (C=O) groups is 2. The van der Waals surface area contributed by atoms with E-state index >= 15 is 0 Å². The Labute approximate surface area is 101 Å². The van der Waals surface area contributed by atoms with Crippen LogP contribution in [0.1, 0.15) is 34.1 Å². The second-order valence-electron chi connectivity index (χ2n) is 5.74. The second-order valence-corrected chi connectivity index (χ2v) is 5.74. The van der Waals surface area contributed by atoms with Crippen LogP contribution in [0.4, 0.5) is 4.79 Å². The Morgan fingerprint density at radius 1 is 1.59 bits per heavy atom. The quantitative estimate of drug-likeness (QED) is 0.698. The number of amides is 1. The summed E-state index contributed by atoms with van der Waals surface area (Å²) < 4.78 is 0. The first-order valence-corrected chi connectivity index (χ1v) is 5.56. The van der Waals surface area contributed by atoms with Crippen molar-refractivity contribution in [2.45, 2.75) is 39.7 Å². The Hall–Kier alpha value is -1.57. The lowest BCUT2D eigenvalue weighted by Crippen LogP contribution is -2.63. The number of Topliss-reactive ketones (excluding diaryl/α,β-unsaturated/α-hetero) is 1. The Morgan fingerprint density at radius 3 is 2.47 bits per heavy atom. The van der Waals surface area contributed by atoms with Crippen molar-refractivity contribution in [2.75, 3.05) is 6.54 Å². The van der Waals surface area contributed by atoms with Gasteiger partial charge in [0.2, 0.25) is 0 Å². The molecule has 0 aliphatic carbocycles. The molecule has 0 aromatic rings. The van der Waals surface area contributed by atoms with Gasteiger partial charge >= 0.3 is 6.09 Å². The molecule has 0 aromatic carbocycles. The molecule has 1 amide bonds. The molecule has 1 saturated heterocycles. The Bertz CT molecular complexity index is 392. The lowest BCUT2D eigenvalue weighted by molar-refractivity contribution is -0.132. The van der Waals surface area contributed by atoms with Crippen molar-refractivity contribution in [1.29, 1.82) is 5.26 Å². The van der Waals surface area contributed by atoms with Gasteiger partial charge in [-0.2, -0.15) is 5.26 Å². The highest BCUT2D eigenvalue weighted by Crippen LogP contribution is 2.42. The van der Waals surface area contributed by atoms with E-state index in [0.29, 0.717) is 0 Å². The number of rotatable bonds is 0. The molecule has 1 fully saturated rings. The van der Waals surface area contributed by atoms with Crippen LogP contribution in [0.15, 0.2) is 0 Å². The summed E-state index contributed by atoms with van der Waals surface area (Å²) in [7, 11) is 0. The second kappa shape index (κ2) is 4.02. The molecule has 94 valence electrons. The number of carboxylic acid groups (broad SMARTS) is 1. The molecule has 0 aromatic heterocycles. The van der Waals surface area contributed by atoms with Crippen molar-refractivity contribution in [1.82, 2.24) is 4.90 Å². The van der Waals surface area contributed by atoms with Crippen molar-refractivity contribution in [3.63, 3.8) is 0 Å². The van der Waals surface area contributed by atoms with Crippen LogP contribution in [0.3, 0.4) is 0 Å². The topological polar surface area (TPSA) is 81.4 Å². The maximum absolute atomic E-state index is 11.8. The van der Waals surface area contributed by atoms with E-state index in [1.807, 2.05) is 26.8 Å². The van der Waals surface area contributed by atoms with Crippen LogP contribution in [0, 0.1) is 22.7 Å². The van der Waals surface area contributed by atoms with Gasteiger partial charge in [0, 0.05) is 13.0 Å². The SMILES string of the molecule is CC(C)(C)C1(C)CC(=O)C(C#N)CN1C(=O)O. The number of ketones is 1. The van der Waals surface area contributed by atoms with E-state index in [2.05, 4.69) is 0 Å². The molecule has 0 radical (unpaired) electrons. The number of hydrogen-bond acceptors (Lipinski definition) is 3. The third kappa shape index (κ3) is 2.12. The molecule has 0 saturated carbocycles. The number of nitrogens with zero attached hydrogens (tertiary/aromatic N) is 2. The third-order valence-electron chi connectivity index (χ3n) is 3.87. The fraction of sp³-hybridized carbons (Fsp3) is 0.750. The van der Waals surface area contributed by atoms with Gasteiger partial charge in [-0.05, 0) is 12.3 Å². The van der Waals surface area contributed by atoms with E-state index in [1.165, 1.54) is 4.90 Å². The normalized spacial score (nSPS) is 29.9. The van der Waals surface area contributed by atoms with E-state index < -0.39 is 17.6 Å². The van der Waals surface area contributed by atoms with E-state index in [9.17, 15) is 14.7 Å². The standard InChI is InChI=1S/C12H18N2O3/c1-11(2,3)12(4)5-9(15)8(6-13)7-14(12)10(16)17/h8H,5,7H2,1-4H3,(H,16,17). The van der Waals surface area contributed by atoms with Crippen LogP contribution in [0.25, 0.3) is 0 Å². The summed E-state index contributed by atoms with van der Waals surface area (Å²) in [6.45, 7) is 7.46. The summed E-state index contributed by atoms with van der Waals surface area (Å²) in [6, 6.07) is 1.87. The first-order chi connectivity index (χ1) is 7.63. The van der Waals surface area contributed by atoms with E-state index in [-0.39, 0.29) is 24.2 Å². The number of nitriles is 1. The third-order valence-corrected chi connectivity index (χ3v) is 3.87. The summed E-state index contributed by atoms with van der Waals surface area (Å²) in [5.74, 6) is -0.996. The molecule has 2 unspecified atom stereocenters. The number of carbonyl (C=O) groups excluding carboxylic acids is 1. The van der Waals surface area contributed by atoms with Crippen LogP contribution >= 0.6 is 0 Å². The Balaban J connectivity index is 3.18. The van der Waals surface area contributed by atoms with Gasteiger partial charge < -0.3 is 10.0 Å². The minimum atomic E-state index is -1.07. The zero-order valence-corrected chi connectivity index (χ0v) is 10.6.